The number of nitrogens with zero attached hydrogens (tertiary/aromatic N) is 1. The van der Waals surface area contributed by atoms with Crippen molar-refractivity contribution in [2.24, 2.45) is 0 Å². The van der Waals surface area contributed by atoms with E-state index >= 15 is 0 Å². The van der Waals surface area contributed by atoms with Gasteiger partial charge in [-0.05, 0) is 31.9 Å². The summed E-state index contributed by atoms with van der Waals surface area (Å²) >= 11 is 0. The average Bonchev–Trinajstić information content (AvgIpc) is 2.80. The Balaban J connectivity index is 2.39. The van der Waals surface area contributed by atoms with Crippen LogP contribution < -0.4 is 0 Å². The molecule has 1 aromatic carbocycles. The molecule has 2 rings (SSSR count). The molecule has 0 saturated heterocycles. The molecule has 0 atom stereocenters. The van der Waals surface area contributed by atoms with Gasteiger partial charge in [0.05, 0.1) is 18.3 Å². The molecule has 0 N–H and O–H groups in total. The van der Waals surface area contributed by atoms with Gasteiger partial charge < -0.3 is 14.4 Å². The molecule has 128 valence electrons. The molecule has 5 nitrogen and oxygen atoms in total. The van der Waals surface area contributed by atoms with Gasteiger partial charge in [-0.15, -0.1) is 0 Å². The van der Waals surface area contributed by atoms with Crippen LogP contribution in [-0.2, 0) is 19.1 Å². The molecule has 5 heteroatoms. The first-order chi connectivity index (χ1) is 11.5. The van der Waals surface area contributed by atoms with Crippen LogP contribution in [0.5, 0.6) is 0 Å². The summed E-state index contributed by atoms with van der Waals surface area (Å²) in [5.41, 5.74) is 3.34. The highest BCUT2D eigenvalue weighted by Crippen LogP contribution is 2.31. The number of benzene rings is 1. The first-order valence-electron chi connectivity index (χ1n) is 7.88. The highest BCUT2D eigenvalue weighted by Gasteiger charge is 2.36. The van der Waals surface area contributed by atoms with Crippen LogP contribution in [0.25, 0.3) is 6.08 Å². The first-order valence-corrected chi connectivity index (χ1v) is 7.88. The quantitative estimate of drug-likeness (QED) is 0.457. The Kier molecular flexibility index (Phi) is 5.93. The van der Waals surface area contributed by atoms with Crippen LogP contribution in [0.3, 0.4) is 0 Å². The van der Waals surface area contributed by atoms with Crippen LogP contribution in [0.1, 0.15) is 24.5 Å². The monoisotopic (exact) mass is 329 g/mol. The second kappa shape index (κ2) is 7.93. The second-order valence-electron chi connectivity index (χ2n) is 5.72. The lowest BCUT2D eigenvalue weighted by Gasteiger charge is -2.17. The Bertz CT molecular complexity index is 686. The number of carbonyl (C=O) groups excluding carboxylic acids is 2. The van der Waals surface area contributed by atoms with Crippen molar-refractivity contribution >= 4 is 18.0 Å². The number of rotatable bonds is 6. The molecule has 1 aromatic rings. The fourth-order valence-electron chi connectivity index (χ4n) is 2.69. The molecule has 0 spiro atoms. The minimum Gasteiger partial charge on any atom is -0.465 e. The highest BCUT2D eigenvalue weighted by molar-refractivity contribution is 6.16. The van der Waals surface area contributed by atoms with E-state index in [9.17, 15) is 9.59 Å². The number of aryl methyl sites for hydroxylation is 1. The van der Waals surface area contributed by atoms with E-state index in [1.54, 1.807) is 25.0 Å². The van der Waals surface area contributed by atoms with Crippen LogP contribution >= 0.6 is 0 Å². The maximum atomic E-state index is 12.8. The Morgan fingerprint density at radius 2 is 1.83 bits per heavy atom. The number of ether oxygens (including phenoxy) is 2. The lowest BCUT2D eigenvalue weighted by Crippen LogP contribution is -2.26. The van der Waals surface area contributed by atoms with Gasteiger partial charge in [0.25, 0.3) is 5.91 Å². The lowest BCUT2D eigenvalue weighted by atomic mass is 10.0. The number of carbonyl (C=O) groups is 2. The van der Waals surface area contributed by atoms with Crippen LogP contribution in [0.4, 0.5) is 0 Å². The predicted octanol–water partition coefficient (Wildman–Crippen LogP) is 2.70. The van der Waals surface area contributed by atoms with E-state index in [2.05, 4.69) is 0 Å². The Labute approximate surface area is 142 Å². The van der Waals surface area contributed by atoms with Gasteiger partial charge in [-0.2, -0.15) is 0 Å². The third kappa shape index (κ3) is 3.74. The van der Waals surface area contributed by atoms with Crippen molar-refractivity contribution in [1.29, 1.82) is 0 Å². The smallest absolute Gasteiger partial charge is 0.340 e. The largest absolute Gasteiger partial charge is 0.465 e. The summed E-state index contributed by atoms with van der Waals surface area (Å²) in [5.74, 6) is -0.668. The van der Waals surface area contributed by atoms with Crippen LogP contribution in [0.15, 0.2) is 41.1 Å². The van der Waals surface area contributed by atoms with E-state index < -0.39 is 5.97 Å². The minimum atomic E-state index is -0.492. The van der Waals surface area contributed by atoms with Gasteiger partial charge in [0, 0.05) is 26.0 Å². The zero-order chi connectivity index (χ0) is 17.7. The molecule has 0 radical (unpaired) electrons. The maximum Gasteiger partial charge on any atom is 0.340 e. The number of amides is 1. The Morgan fingerprint density at radius 1 is 1.17 bits per heavy atom. The molecule has 1 heterocycles. The van der Waals surface area contributed by atoms with E-state index in [1.165, 1.54) is 7.11 Å². The first kappa shape index (κ1) is 17.9. The van der Waals surface area contributed by atoms with Gasteiger partial charge in [-0.3, -0.25) is 4.79 Å². The molecule has 0 unspecified atom stereocenters. The number of hydrogen-bond acceptors (Lipinski definition) is 4. The summed E-state index contributed by atoms with van der Waals surface area (Å²) in [4.78, 5) is 26.6. The van der Waals surface area contributed by atoms with Crippen molar-refractivity contribution in [3.8, 4) is 0 Å². The third-order valence-electron chi connectivity index (χ3n) is 4.02. The summed E-state index contributed by atoms with van der Waals surface area (Å²) < 4.78 is 9.91. The van der Waals surface area contributed by atoms with Crippen molar-refractivity contribution in [3.63, 3.8) is 0 Å². The summed E-state index contributed by atoms with van der Waals surface area (Å²) in [6.07, 6.45) is 2.44. The minimum absolute atomic E-state index is 0.176. The SMILES string of the molecule is COCCCN1C(=O)/C(=C\c2ccc(C)cc2)C(C(=O)OC)=C1C. The van der Waals surface area contributed by atoms with Crippen molar-refractivity contribution in [3.05, 3.63) is 52.2 Å². The summed E-state index contributed by atoms with van der Waals surface area (Å²) in [7, 11) is 2.95. The zero-order valence-corrected chi connectivity index (χ0v) is 14.6. The topological polar surface area (TPSA) is 55.8 Å². The average molecular weight is 329 g/mol. The molecule has 0 bridgehead atoms. The third-order valence-corrected chi connectivity index (χ3v) is 4.02. The van der Waals surface area contributed by atoms with E-state index in [1.807, 2.05) is 31.2 Å². The van der Waals surface area contributed by atoms with E-state index in [0.29, 0.717) is 36.4 Å². The molecule has 1 aliphatic heterocycles. The molecular formula is C19H23NO4. The molecule has 24 heavy (non-hydrogen) atoms. The van der Waals surface area contributed by atoms with E-state index in [0.717, 1.165) is 11.1 Å². The number of esters is 1. The molecule has 1 amide bonds. The van der Waals surface area contributed by atoms with Gasteiger partial charge >= 0.3 is 5.97 Å². The van der Waals surface area contributed by atoms with Crippen molar-refractivity contribution in [2.45, 2.75) is 20.3 Å². The molecule has 0 fully saturated rings. The number of hydrogen-bond donors (Lipinski definition) is 0. The fourth-order valence-corrected chi connectivity index (χ4v) is 2.69. The molecule has 0 saturated carbocycles. The van der Waals surface area contributed by atoms with Crippen LogP contribution in [-0.4, -0.2) is 44.1 Å². The molecule has 1 aliphatic rings. The standard InChI is InChI=1S/C19H23NO4/c1-13-6-8-15(9-7-13)12-16-17(19(22)24-4)14(2)20(18(16)21)10-5-11-23-3/h6-9,12H,5,10-11H2,1-4H3/b16-12-. The summed E-state index contributed by atoms with van der Waals surface area (Å²) in [6, 6.07) is 7.79. The zero-order valence-electron chi connectivity index (χ0n) is 14.6. The predicted molar refractivity (Wildman–Crippen MR) is 92.1 cm³/mol. The van der Waals surface area contributed by atoms with Gasteiger partial charge in [0.2, 0.25) is 0 Å². The van der Waals surface area contributed by atoms with Gasteiger partial charge in [0.15, 0.2) is 0 Å². The summed E-state index contributed by atoms with van der Waals surface area (Å²) in [5, 5.41) is 0. The van der Waals surface area contributed by atoms with Crippen LogP contribution in [0, 0.1) is 6.92 Å². The molecule has 0 aliphatic carbocycles. The second-order valence-corrected chi connectivity index (χ2v) is 5.72. The van der Waals surface area contributed by atoms with E-state index in [-0.39, 0.29) is 5.91 Å². The lowest BCUT2D eigenvalue weighted by molar-refractivity contribution is -0.136. The normalized spacial score (nSPS) is 16.2. The van der Waals surface area contributed by atoms with Gasteiger partial charge in [-0.25, -0.2) is 4.79 Å². The number of methoxy groups -OCH3 is 2. The van der Waals surface area contributed by atoms with E-state index in [4.69, 9.17) is 9.47 Å². The van der Waals surface area contributed by atoms with Crippen molar-refractivity contribution < 1.29 is 19.1 Å². The van der Waals surface area contributed by atoms with Crippen LogP contribution in [0.2, 0.25) is 0 Å². The fraction of sp³-hybridized carbons (Fsp3) is 0.368. The van der Waals surface area contributed by atoms with Crippen molar-refractivity contribution in [2.75, 3.05) is 27.4 Å². The molecule has 0 aromatic heterocycles. The summed E-state index contributed by atoms with van der Waals surface area (Å²) in [6.45, 7) is 4.83. The van der Waals surface area contributed by atoms with Gasteiger partial charge in [0.1, 0.15) is 0 Å². The number of allylic oxidation sites excluding steroid dienone is 1. The Hall–Kier alpha value is -2.40. The highest BCUT2D eigenvalue weighted by atomic mass is 16.5. The van der Waals surface area contributed by atoms with Gasteiger partial charge in [-0.1, -0.05) is 29.8 Å². The van der Waals surface area contributed by atoms with Crippen molar-refractivity contribution in [1.82, 2.24) is 4.90 Å². The Morgan fingerprint density at radius 3 is 2.42 bits per heavy atom. The molecular weight excluding hydrogens is 306 g/mol. The maximum absolute atomic E-state index is 12.8.